The number of nitriles is 1. The molecule has 2 rings (SSSR count). The van der Waals surface area contributed by atoms with Crippen molar-refractivity contribution in [2.75, 3.05) is 0 Å². The SMILES string of the molecule is N#Cc1ccc(Sc2ccccc2)c(Cl)c1. The molecule has 0 aromatic heterocycles. The van der Waals surface area contributed by atoms with Gasteiger partial charge in [0.25, 0.3) is 0 Å². The van der Waals surface area contributed by atoms with Gasteiger partial charge in [0.15, 0.2) is 0 Å². The minimum atomic E-state index is 0.586. The highest BCUT2D eigenvalue weighted by atomic mass is 35.5. The van der Waals surface area contributed by atoms with Crippen molar-refractivity contribution < 1.29 is 0 Å². The van der Waals surface area contributed by atoms with Crippen molar-refractivity contribution >= 4 is 23.4 Å². The lowest BCUT2D eigenvalue weighted by atomic mass is 10.2. The third-order valence-electron chi connectivity index (χ3n) is 2.03. The van der Waals surface area contributed by atoms with Gasteiger partial charge in [-0.3, -0.25) is 0 Å². The van der Waals surface area contributed by atoms with Crippen LogP contribution in [0, 0.1) is 11.3 Å². The lowest BCUT2D eigenvalue weighted by molar-refractivity contribution is 1.39. The van der Waals surface area contributed by atoms with Gasteiger partial charge in [0.05, 0.1) is 16.7 Å². The van der Waals surface area contributed by atoms with Gasteiger partial charge >= 0.3 is 0 Å². The summed E-state index contributed by atoms with van der Waals surface area (Å²) in [5, 5.41) is 9.35. The van der Waals surface area contributed by atoms with E-state index in [1.165, 1.54) is 0 Å². The van der Waals surface area contributed by atoms with Crippen molar-refractivity contribution in [2.24, 2.45) is 0 Å². The van der Waals surface area contributed by atoms with Gasteiger partial charge in [0.2, 0.25) is 0 Å². The van der Waals surface area contributed by atoms with E-state index in [4.69, 9.17) is 16.9 Å². The van der Waals surface area contributed by atoms with Gasteiger partial charge in [0, 0.05) is 9.79 Å². The maximum absolute atomic E-state index is 8.73. The third kappa shape index (κ3) is 2.57. The van der Waals surface area contributed by atoms with E-state index >= 15 is 0 Å². The Bertz CT molecular complexity index is 531. The minimum absolute atomic E-state index is 0.586. The molecule has 16 heavy (non-hydrogen) atoms. The summed E-state index contributed by atoms with van der Waals surface area (Å²) in [7, 11) is 0. The van der Waals surface area contributed by atoms with E-state index in [1.807, 2.05) is 36.4 Å². The molecule has 0 amide bonds. The lowest BCUT2D eigenvalue weighted by Gasteiger charge is -2.03. The summed E-state index contributed by atoms with van der Waals surface area (Å²) >= 11 is 7.68. The van der Waals surface area contributed by atoms with Crippen LogP contribution in [-0.2, 0) is 0 Å². The fourth-order valence-corrected chi connectivity index (χ4v) is 2.40. The van der Waals surface area contributed by atoms with E-state index < -0.39 is 0 Å². The zero-order chi connectivity index (χ0) is 11.4. The van der Waals surface area contributed by atoms with E-state index in [1.54, 1.807) is 23.9 Å². The molecule has 0 aliphatic carbocycles. The summed E-state index contributed by atoms with van der Waals surface area (Å²) in [5.74, 6) is 0. The molecule has 1 nitrogen and oxygen atoms in total. The highest BCUT2D eigenvalue weighted by Gasteiger charge is 2.03. The van der Waals surface area contributed by atoms with E-state index in [9.17, 15) is 0 Å². The predicted octanol–water partition coefficient (Wildman–Crippen LogP) is 4.36. The zero-order valence-corrected chi connectivity index (χ0v) is 9.92. The molecule has 0 spiro atoms. The number of halogens is 1. The molecule has 0 radical (unpaired) electrons. The Morgan fingerprint density at radius 2 is 1.81 bits per heavy atom. The first-order chi connectivity index (χ1) is 7.79. The maximum atomic E-state index is 8.73. The van der Waals surface area contributed by atoms with Gasteiger partial charge in [-0.15, -0.1) is 0 Å². The molecule has 0 saturated carbocycles. The Morgan fingerprint density at radius 1 is 1.06 bits per heavy atom. The van der Waals surface area contributed by atoms with Crippen LogP contribution in [-0.4, -0.2) is 0 Å². The standard InChI is InChI=1S/C13H8ClNS/c14-12-8-10(9-15)6-7-13(12)16-11-4-2-1-3-5-11/h1-8H. The molecule has 78 valence electrons. The van der Waals surface area contributed by atoms with E-state index in [-0.39, 0.29) is 0 Å². The second-order valence-electron chi connectivity index (χ2n) is 3.17. The molecule has 2 aromatic carbocycles. The summed E-state index contributed by atoms with van der Waals surface area (Å²) in [6.07, 6.45) is 0. The average Bonchev–Trinajstić information content (AvgIpc) is 2.33. The summed E-state index contributed by atoms with van der Waals surface area (Å²) in [4.78, 5) is 2.10. The Kier molecular flexibility index (Phi) is 3.51. The molecule has 0 bridgehead atoms. The van der Waals surface area contributed by atoms with Crippen molar-refractivity contribution in [3.63, 3.8) is 0 Å². The quantitative estimate of drug-likeness (QED) is 0.785. The third-order valence-corrected chi connectivity index (χ3v) is 3.54. The van der Waals surface area contributed by atoms with Crippen LogP contribution in [0.2, 0.25) is 5.02 Å². The Labute approximate surface area is 104 Å². The van der Waals surface area contributed by atoms with Crippen LogP contribution in [0.3, 0.4) is 0 Å². The maximum Gasteiger partial charge on any atom is 0.0992 e. The van der Waals surface area contributed by atoms with Gasteiger partial charge < -0.3 is 0 Å². The molecule has 0 saturated heterocycles. The lowest BCUT2D eigenvalue weighted by Crippen LogP contribution is -1.78. The second-order valence-corrected chi connectivity index (χ2v) is 4.69. The molecule has 3 heteroatoms. The first-order valence-corrected chi connectivity index (χ1v) is 5.91. The van der Waals surface area contributed by atoms with Crippen molar-refractivity contribution in [3.8, 4) is 6.07 Å². The summed E-state index contributed by atoms with van der Waals surface area (Å²) in [6, 6.07) is 17.4. The average molecular weight is 246 g/mol. The molecule has 0 unspecified atom stereocenters. The number of hydrogen-bond donors (Lipinski definition) is 0. The molecule has 0 heterocycles. The number of nitrogens with zero attached hydrogens (tertiary/aromatic N) is 1. The Hall–Kier alpha value is -1.43. The summed E-state index contributed by atoms with van der Waals surface area (Å²) in [5.41, 5.74) is 0.586. The second kappa shape index (κ2) is 5.07. The number of benzene rings is 2. The van der Waals surface area contributed by atoms with Crippen molar-refractivity contribution in [1.29, 1.82) is 5.26 Å². The Balaban J connectivity index is 2.27. The largest absolute Gasteiger partial charge is 0.192 e. The first-order valence-electron chi connectivity index (χ1n) is 4.72. The fraction of sp³-hybridized carbons (Fsp3) is 0. The fourth-order valence-electron chi connectivity index (χ4n) is 1.27. The van der Waals surface area contributed by atoms with E-state index in [0.29, 0.717) is 10.6 Å². The molecule has 0 atom stereocenters. The van der Waals surface area contributed by atoms with Gasteiger partial charge in [-0.2, -0.15) is 5.26 Å². The van der Waals surface area contributed by atoms with Crippen molar-refractivity contribution in [1.82, 2.24) is 0 Å². The highest BCUT2D eigenvalue weighted by Crippen LogP contribution is 2.33. The molecule has 0 N–H and O–H groups in total. The molecule has 0 aliphatic heterocycles. The van der Waals surface area contributed by atoms with E-state index in [2.05, 4.69) is 6.07 Å². The normalized spacial score (nSPS) is 9.75. The predicted molar refractivity (Wildman–Crippen MR) is 66.7 cm³/mol. The molecular weight excluding hydrogens is 238 g/mol. The number of hydrogen-bond acceptors (Lipinski definition) is 2. The molecule has 2 aromatic rings. The van der Waals surface area contributed by atoms with Crippen LogP contribution in [0.25, 0.3) is 0 Å². The van der Waals surface area contributed by atoms with Gasteiger partial charge in [-0.05, 0) is 30.3 Å². The van der Waals surface area contributed by atoms with E-state index in [0.717, 1.165) is 9.79 Å². The topological polar surface area (TPSA) is 23.8 Å². The van der Waals surface area contributed by atoms with Crippen LogP contribution in [0.4, 0.5) is 0 Å². The van der Waals surface area contributed by atoms with Crippen LogP contribution >= 0.6 is 23.4 Å². The summed E-state index contributed by atoms with van der Waals surface area (Å²) in [6.45, 7) is 0. The highest BCUT2D eigenvalue weighted by molar-refractivity contribution is 7.99. The number of rotatable bonds is 2. The zero-order valence-electron chi connectivity index (χ0n) is 8.35. The minimum Gasteiger partial charge on any atom is -0.192 e. The molecule has 0 fully saturated rings. The van der Waals surface area contributed by atoms with Gasteiger partial charge in [-0.1, -0.05) is 41.6 Å². The van der Waals surface area contributed by atoms with Gasteiger partial charge in [0.1, 0.15) is 0 Å². The smallest absolute Gasteiger partial charge is 0.0992 e. The molecular formula is C13H8ClNS. The van der Waals surface area contributed by atoms with Crippen molar-refractivity contribution in [3.05, 3.63) is 59.1 Å². The van der Waals surface area contributed by atoms with Crippen molar-refractivity contribution in [2.45, 2.75) is 9.79 Å². The summed E-state index contributed by atoms with van der Waals surface area (Å²) < 4.78 is 0. The van der Waals surface area contributed by atoms with Crippen LogP contribution in [0.15, 0.2) is 58.3 Å². The van der Waals surface area contributed by atoms with Crippen LogP contribution in [0.1, 0.15) is 5.56 Å². The van der Waals surface area contributed by atoms with Crippen LogP contribution in [0.5, 0.6) is 0 Å². The molecule has 0 aliphatic rings. The monoisotopic (exact) mass is 245 g/mol. The Morgan fingerprint density at radius 3 is 2.44 bits per heavy atom. The van der Waals surface area contributed by atoms with Crippen LogP contribution < -0.4 is 0 Å². The first kappa shape index (κ1) is 11.1. The van der Waals surface area contributed by atoms with Gasteiger partial charge in [-0.25, -0.2) is 0 Å².